The first kappa shape index (κ1) is 19.0. The number of amides is 1. The highest BCUT2D eigenvalue weighted by Gasteiger charge is 2.27. The van der Waals surface area contributed by atoms with E-state index in [1.165, 1.54) is 6.92 Å². The first-order valence-electron chi connectivity index (χ1n) is 7.99. The number of carbonyl (C=O) groups is 2. The molecule has 0 aliphatic rings. The van der Waals surface area contributed by atoms with Gasteiger partial charge >= 0.3 is 5.97 Å². The number of aromatic nitrogens is 1. The lowest BCUT2D eigenvalue weighted by atomic mass is 10.1. The Kier molecular flexibility index (Phi) is 6.20. The Balaban J connectivity index is 1.98. The van der Waals surface area contributed by atoms with Gasteiger partial charge in [-0.2, -0.15) is 0 Å². The molecular formula is C18H21ClN2O4. The molecule has 0 spiro atoms. The van der Waals surface area contributed by atoms with Crippen molar-refractivity contribution in [2.45, 2.75) is 46.3 Å². The molecule has 6 nitrogen and oxygen atoms in total. The molecule has 134 valence electrons. The van der Waals surface area contributed by atoms with Crippen molar-refractivity contribution < 1.29 is 18.8 Å². The van der Waals surface area contributed by atoms with Gasteiger partial charge in [0, 0.05) is 17.5 Å². The molecule has 1 aromatic carbocycles. The van der Waals surface area contributed by atoms with Gasteiger partial charge in [0.15, 0.2) is 11.9 Å². The lowest BCUT2D eigenvalue weighted by Crippen LogP contribution is -2.35. The minimum atomic E-state index is -0.954. The minimum Gasteiger partial charge on any atom is -0.449 e. The van der Waals surface area contributed by atoms with Gasteiger partial charge < -0.3 is 14.6 Å². The first-order valence-corrected chi connectivity index (χ1v) is 8.37. The van der Waals surface area contributed by atoms with Crippen LogP contribution >= 0.6 is 11.6 Å². The third-order valence-electron chi connectivity index (χ3n) is 3.68. The summed E-state index contributed by atoms with van der Waals surface area (Å²) in [6, 6.07) is 7.20. The van der Waals surface area contributed by atoms with Gasteiger partial charge in [-0.1, -0.05) is 48.8 Å². The second-order valence-electron chi connectivity index (χ2n) is 6.02. The number of hydrogen-bond acceptors (Lipinski definition) is 5. The molecule has 2 aromatic rings. The molecule has 0 radical (unpaired) electrons. The molecule has 0 aliphatic heterocycles. The van der Waals surface area contributed by atoms with Gasteiger partial charge in [0.25, 0.3) is 5.91 Å². The van der Waals surface area contributed by atoms with Crippen molar-refractivity contribution in [2.24, 2.45) is 0 Å². The maximum atomic E-state index is 12.4. The number of nitrogens with one attached hydrogen (secondary N) is 1. The number of nitrogens with zero attached hydrogens (tertiary/aromatic N) is 1. The van der Waals surface area contributed by atoms with Crippen LogP contribution in [0.5, 0.6) is 0 Å². The number of halogens is 1. The average Bonchev–Trinajstić information content (AvgIpc) is 2.95. The smallest absolute Gasteiger partial charge is 0.344 e. The molecular weight excluding hydrogens is 344 g/mol. The zero-order chi connectivity index (χ0) is 18.6. The normalized spacial score (nSPS) is 12.1. The van der Waals surface area contributed by atoms with Gasteiger partial charge in [0.2, 0.25) is 0 Å². The van der Waals surface area contributed by atoms with Crippen LogP contribution in [0.1, 0.15) is 54.1 Å². The monoisotopic (exact) mass is 364 g/mol. The third kappa shape index (κ3) is 4.60. The van der Waals surface area contributed by atoms with Crippen molar-refractivity contribution in [3.8, 4) is 0 Å². The third-order valence-corrected chi connectivity index (χ3v) is 4.05. The minimum absolute atomic E-state index is 0.0203. The Morgan fingerprint density at radius 1 is 1.28 bits per heavy atom. The lowest BCUT2D eigenvalue weighted by Gasteiger charge is -2.14. The van der Waals surface area contributed by atoms with E-state index in [0.717, 1.165) is 5.56 Å². The molecule has 1 heterocycles. The Morgan fingerprint density at radius 2 is 1.96 bits per heavy atom. The molecule has 7 heteroatoms. The van der Waals surface area contributed by atoms with E-state index >= 15 is 0 Å². The van der Waals surface area contributed by atoms with Crippen LogP contribution in [0.2, 0.25) is 5.02 Å². The molecule has 0 saturated carbocycles. The van der Waals surface area contributed by atoms with E-state index in [9.17, 15) is 9.59 Å². The topological polar surface area (TPSA) is 81.4 Å². The van der Waals surface area contributed by atoms with Crippen molar-refractivity contribution in [1.82, 2.24) is 10.5 Å². The van der Waals surface area contributed by atoms with E-state index in [1.54, 1.807) is 13.0 Å². The van der Waals surface area contributed by atoms with Crippen LogP contribution in [-0.4, -0.2) is 23.1 Å². The van der Waals surface area contributed by atoms with E-state index in [-0.39, 0.29) is 18.0 Å². The van der Waals surface area contributed by atoms with Crippen LogP contribution in [0.25, 0.3) is 0 Å². The molecule has 2 rings (SSSR count). The summed E-state index contributed by atoms with van der Waals surface area (Å²) in [5.41, 5.74) is 1.51. The van der Waals surface area contributed by atoms with Gasteiger partial charge in [-0.05, 0) is 25.5 Å². The lowest BCUT2D eigenvalue weighted by molar-refractivity contribution is -0.129. The zero-order valence-corrected chi connectivity index (χ0v) is 15.4. The van der Waals surface area contributed by atoms with Gasteiger partial charge in [-0.15, -0.1) is 0 Å². The molecule has 0 saturated heterocycles. The maximum absolute atomic E-state index is 12.4. The second-order valence-corrected chi connectivity index (χ2v) is 6.43. The van der Waals surface area contributed by atoms with Gasteiger partial charge in [-0.25, -0.2) is 4.79 Å². The molecule has 0 unspecified atom stereocenters. The van der Waals surface area contributed by atoms with Crippen molar-refractivity contribution in [3.05, 3.63) is 51.9 Å². The number of esters is 1. The summed E-state index contributed by atoms with van der Waals surface area (Å²) in [4.78, 5) is 24.5. The Labute approximate surface area is 151 Å². The molecule has 1 amide bonds. The second kappa shape index (κ2) is 8.16. The summed E-state index contributed by atoms with van der Waals surface area (Å²) in [6.45, 7) is 7.20. The van der Waals surface area contributed by atoms with Gasteiger partial charge in [-0.3, -0.25) is 4.79 Å². The molecule has 1 atom stereocenters. The largest absolute Gasteiger partial charge is 0.449 e. The molecule has 25 heavy (non-hydrogen) atoms. The highest BCUT2D eigenvalue weighted by atomic mass is 35.5. The summed E-state index contributed by atoms with van der Waals surface area (Å²) in [6.07, 6.45) is -0.954. The Morgan fingerprint density at radius 3 is 2.60 bits per heavy atom. The van der Waals surface area contributed by atoms with Crippen molar-refractivity contribution in [3.63, 3.8) is 0 Å². The van der Waals surface area contributed by atoms with Gasteiger partial charge in [0.05, 0.1) is 5.69 Å². The number of benzene rings is 1. The number of ether oxygens (including phenoxy) is 1. The van der Waals surface area contributed by atoms with Crippen molar-refractivity contribution >= 4 is 23.5 Å². The van der Waals surface area contributed by atoms with Crippen LogP contribution in [0.15, 0.2) is 28.8 Å². The van der Waals surface area contributed by atoms with E-state index in [4.69, 9.17) is 20.9 Å². The van der Waals surface area contributed by atoms with Crippen LogP contribution in [-0.2, 0) is 16.1 Å². The number of rotatable bonds is 6. The summed E-state index contributed by atoms with van der Waals surface area (Å²) in [5, 5.41) is 7.07. The molecule has 0 fully saturated rings. The fourth-order valence-electron chi connectivity index (χ4n) is 2.27. The fraction of sp³-hybridized carbons (Fsp3) is 0.389. The molecule has 1 N–H and O–H groups in total. The Bertz CT molecular complexity index is 770. The maximum Gasteiger partial charge on any atom is 0.344 e. The van der Waals surface area contributed by atoms with Crippen LogP contribution in [0.4, 0.5) is 0 Å². The standard InChI is InChI=1S/C18H21ClN2O4/c1-10(2)16-15(11(3)21-25-16)18(23)24-12(4)17(22)20-9-13-7-5-6-8-14(13)19/h5-8,10,12H,9H2,1-4H3,(H,20,22)/t12-/m1/s1. The summed E-state index contributed by atoms with van der Waals surface area (Å²) in [7, 11) is 0. The van der Waals surface area contributed by atoms with Crippen LogP contribution in [0, 0.1) is 6.92 Å². The number of carbonyl (C=O) groups excluding carboxylic acids is 2. The molecule has 0 aliphatic carbocycles. The van der Waals surface area contributed by atoms with E-state index in [2.05, 4.69) is 10.5 Å². The fourth-order valence-corrected chi connectivity index (χ4v) is 2.47. The van der Waals surface area contributed by atoms with E-state index < -0.39 is 18.0 Å². The Hall–Kier alpha value is -2.34. The highest BCUT2D eigenvalue weighted by molar-refractivity contribution is 6.31. The van der Waals surface area contributed by atoms with Crippen LogP contribution < -0.4 is 5.32 Å². The van der Waals surface area contributed by atoms with Gasteiger partial charge in [0.1, 0.15) is 5.56 Å². The number of aryl methyl sites for hydroxylation is 1. The molecule has 1 aromatic heterocycles. The predicted octanol–water partition coefficient (Wildman–Crippen LogP) is 3.62. The zero-order valence-electron chi connectivity index (χ0n) is 14.6. The summed E-state index contributed by atoms with van der Waals surface area (Å²) in [5.74, 6) is -0.601. The highest BCUT2D eigenvalue weighted by Crippen LogP contribution is 2.23. The SMILES string of the molecule is Cc1noc(C(C)C)c1C(=O)O[C@H](C)C(=O)NCc1ccccc1Cl. The summed E-state index contributed by atoms with van der Waals surface area (Å²) >= 11 is 6.05. The van der Waals surface area contributed by atoms with Crippen LogP contribution in [0.3, 0.4) is 0 Å². The van der Waals surface area contributed by atoms with E-state index in [1.807, 2.05) is 32.0 Å². The van der Waals surface area contributed by atoms with Crippen molar-refractivity contribution in [2.75, 3.05) is 0 Å². The first-order chi connectivity index (χ1) is 11.8. The average molecular weight is 365 g/mol. The number of hydrogen-bond donors (Lipinski definition) is 1. The summed E-state index contributed by atoms with van der Waals surface area (Å²) < 4.78 is 10.4. The van der Waals surface area contributed by atoms with E-state index in [0.29, 0.717) is 16.5 Å². The quantitative estimate of drug-likeness (QED) is 0.791. The molecule has 0 bridgehead atoms. The predicted molar refractivity (Wildman–Crippen MR) is 93.5 cm³/mol. The van der Waals surface area contributed by atoms with Crippen molar-refractivity contribution in [1.29, 1.82) is 0 Å².